The number of fused-ring (bicyclic) bond motifs is 3. The fourth-order valence-corrected chi connectivity index (χ4v) is 9.18. The van der Waals surface area contributed by atoms with E-state index in [2.05, 4.69) is 32.9 Å². The first-order chi connectivity index (χ1) is 20.4. The summed E-state index contributed by atoms with van der Waals surface area (Å²) < 4.78 is 0. The van der Waals surface area contributed by atoms with Crippen LogP contribution < -0.4 is 0 Å². The van der Waals surface area contributed by atoms with Gasteiger partial charge in [-0.05, 0) is 83.7 Å². The van der Waals surface area contributed by atoms with Crippen LogP contribution in [0.15, 0.2) is 30.3 Å². The average Bonchev–Trinajstić information content (AvgIpc) is 2.90. The molecule has 0 radical (unpaired) electrons. The molecule has 44 heavy (non-hydrogen) atoms. The second kappa shape index (κ2) is 10.6. The third-order valence-corrected chi connectivity index (χ3v) is 10.8. The Kier molecular flexibility index (Phi) is 7.68. The highest BCUT2D eigenvalue weighted by Crippen LogP contribution is 2.64. The number of hydrogen-bond donors (Lipinski definition) is 2. The molecule has 0 bridgehead atoms. The Morgan fingerprint density at radius 2 is 1.64 bits per heavy atom. The summed E-state index contributed by atoms with van der Waals surface area (Å²) in [5, 5.41) is 23.2. The van der Waals surface area contributed by atoms with Crippen LogP contribution in [0.1, 0.15) is 88.9 Å². The number of carbonyl (C=O) groups is 5. The van der Waals surface area contributed by atoms with Crippen LogP contribution in [0.4, 0.5) is 0 Å². The van der Waals surface area contributed by atoms with Crippen molar-refractivity contribution in [1.29, 1.82) is 0 Å². The van der Waals surface area contributed by atoms with Crippen LogP contribution >= 0.6 is 0 Å². The Balaban J connectivity index is 1.72. The predicted molar refractivity (Wildman–Crippen MR) is 166 cm³/mol. The number of phenols is 1. The molecule has 0 heterocycles. The van der Waals surface area contributed by atoms with Crippen molar-refractivity contribution in [3.05, 3.63) is 52.6 Å². The largest absolute Gasteiger partial charge is 0.507 e. The van der Waals surface area contributed by atoms with E-state index in [1.165, 1.54) is 17.2 Å². The average molecular weight is 601 g/mol. The van der Waals surface area contributed by atoms with Gasteiger partial charge in [-0.2, -0.15) is 0 Å². The van der Waals surface area contributed by atoms with Crippen molar-refractivity contribution in [2.45, 2.75) is 86.7 Å². The van der Waals surface area contributed by atoms with E-state index >= 15 is 0 Å². The Bertz CT molecular complexity index is 1620. The van der Waals surface area contributed by atoms with Gasteiger partial charge in [0.05, 0.1) is 11.5 Å². The van der Waals surface area contributed by atoms with Gasteiger partial charge in [-0.15, -0.1) is 0 Å². The summed E-state index contributed by atoms with van der Waals surface area (Å²) in [4.78, 5) is 69.0. The van der Waals surface area contributed by atoms with E-state index in [9.17, 15) is 34.2 Å². The molecule has 6 atom stereocenters. The Morgan fingerprint density at radius 1 is 0.977 bits per heavy atom. The highest BCUT2D eigenvalue weighted by molar-refractivity contribution is 6.32. The van der Waals surface area contributed by atoms with Gasteiger partial charge in [0.2, 0.25) is 0 Å². The van der Waals surface area contributed by atoms with Crippen molar-refractivity contribution >= 4 is 28.9 Å². The number of aromatic hydroxyl groups is 1. The molecule has 0 spiro atoms. The monoisotopic (exact) mass is 600 g/mol. The summed E-state index contributed by atoms with van der Waals surface area (Å²) in [6, 6.07) is 9.53. The van der Waals surface area contributed by atoms with E-state index < -0.39 is 63.1 Å². The molecule has 3 aliphatic rings. The van der Waals surface area contributed by atoms with Crippen LogP contribution in [0.3, 0.4) is 0 Å². The Morgan fingerprint density at radius 3 is 2.20 bits per heavy atom. The summed E-state index contributed by atoms with van der Waals surface area (Å²) >= 11 is 0. The van der Waals surface area contributed by atoms with E-state index in [0.29, 0.717) is 11.5 Å². The van der Waals surface area contributed by atoms with Gasteiger partial charge in [0.1, 0.15) is 17.5 Å². The molecular formula is C37H44O7. The summed E-state index contributed by atoms with van der Waals surface area (Å²) in [6.45, 7) is 14.5. The number of aliphatic hydroxyl groups is 1. The zero-order valence-electron chi connectivity index (χ0n) is 27.0. The van der Waals surface area contributed by atoms with E-state index in [1.807, 2.05) is 13.0 Å². The first-order valence-corrected chi connectivity index (χ1v) is 15.8. The van der Waals surface area contributed by atoms with Crippen molar-refractivity contribution in [3.63, 3.8) is 0 Å². The number of ketones is 5. The SMILES string of the molecule is CCc1ccc(-c2ccc(O)c3c2C[C@]2(C)C[C@]4(C)C(C(C)C)C(=O)C(C(C)=O)C(=O)[C@]4(O)C(=O)C2C3=O)cc1CC(C)C. The molecule has 0 saturated heterocycles. The highest BCUT2D eigenvalue weighted by Gasteiger charge is 2.76. The number of aryl methyl sites for hydroxylation is 1. The molecule has 0 aromatic heterocycles. The van der Waals surface area contributed by atoms with Crippen molar-refractivity contribution in [1.82, 2.24) is 0 Å². The number of benzene rings is 2. The molecule has 0 aliphatic heterocycles. The molecule has 3 aliphatic carbocycles. The van der Waals surface area contributed by atoms with Crippen molar-refractivity contribution in [3.8, 4) is 16.9 Å². The maximum absolute atomic E-state index is 14.5. The van der Waals surface area contributed by atoms with Crippen LogP contribution in [-0.2, 0) is 38.4 Å². The molecule has 2 fully saturated rings. The Hall–Kier alpha value is -3.45. The molecule has 2 N–H and O–H groups in total. The lowest BCUT2D eigenvalue weighted by atomic mass is 9.40. The summed E-state index contributed by atoms with van der Waals surface area (Å²) in [6.07, 6.45) is 2.03. The van der Waals surface area contributed by atoms with Crippen LogP contribution in [-0.4, -0.2) is 44.7 Å². The second-order valence-corrected chi connectivity index (χ2v) is 14.7. The Labute approximate surface area is 259 Å². The maximum atomic E-state index is 14.5. The number of carbonyl (C=O) groups excluding carboxylic acids is 5. The fourth-order valence-electron chi connectivity index (χ4n) is 9.18. The quantitative estimate of drug-likeness (QED) is 0.418. The molecule has 7 heteroatoms. The lowest BCUT2D eigenvalue weighted by Crippen LogP contribution is -2.76. The second-order valence-electron chi connectivity index (χ2n) is 14.7. The van der Waals surface area contributed by atoms with E-state index in [0.717, 1.165) is 30.9 Å². The molecule has 2 saturated carbocycles. The topological polar surface area (TPSA) is 126 Å². The van der Waals surface area contributed by atoms with Crippen molar-refractivity contribution in [2.75, 3.05) is 0 Å². The van der Waals surface area contributed by atoms with Gasteiger partial charge >= 0.3 is 0 Å². The first-order valence-electron chi connectivity index (χ1n) is 15.8. The molecule has 2 aromatic rings. The minimum Gasteiger partial charge on any atom is -0.507 e. The summed E-state index contributed by atoms with van der Waals surface area (Å²) in [5.41, 5.74) is -0.498. The predicted octanol–water partition coefficient (Wildman–Crippen LogP) is 5.52. The molecule has 2 aromatic carbocycles. The smallest absolute Gasteiger partial charge is 0.190 e. The van der Waals surface area contributed by atoms with E-state index in [-0.39, 0.29) is 30.1 Å². The molecule has 234 valence electrons. The number of phenolic OH excluding ortho intramolecular Hbond substituents is 1. The first kappa shape index (κ1) is 32.0. The number of rotatable bonds is 6. The minimum atomic E-state index is -2.70. The van der Waals surface area contributed by atoms with Crippen LogP contribution in [0.5, 0.6) is 5.75 Å². The third-order valence-electron chi connectivity index (χ3n) is 10.8. The van der Waals surface area contributed by atoms with Crippen LogP contribution in [0.25, 0.3) is 11.1 Å². The lowest BCUT2D eigenvalue weighted by molar-refractivity contribution is -0.205. The summed E-state index contributed by atoms with van der Waals surface area (Å²) in [7, 11) is 0. The minimum absolute atomic E-state index is 0.0263. The molecule has 0 amide bonds. The van der Waals surface area contributed by atoms with Gasteiger partial charge in [0, 0.05) is 11.3 Å². The zero-order valence-corrected chi connectivity index (χ0v) is 27.0. The van der Waals surface area contributed by atoms with Crippen molar-refractivity contribution in [2.24, 2.45) is 40.4 Å². The standard InChI is InChI=1S/C37H44O7/c1-9-21-10-11-22(15-23(21)14-18(2)3)24-12-13-26(39)28-25(24)16-35(7)17-36(8)29(19(4)5)31(40)27(20(6)38)33(42)37(36,44)34(43)30(35)32(28)41/h10-13,15,18-19,27,29-30,39,44H,9,14,16-17H2,1-8H3/t27?,29?,30?,35-,36-,37+/m1/s1. The van der Waals surface area contributed by atoms with Gasteiger partial charge in [0.15, 0.2) is 28.7 Å². The van der Waals surface area contributed by atoms with Crippen molar-refractivity contribution < 1.29 is 34.2 Å². The van der Waals surface area contributed by atoms with Crippen LogP contribution in [0, 0.1) is 40.4 Å². The number of Topliss-reactive ketones (excluding diaryl/α,β-unsaturated/α-hetero) is 5. The van der Waals surface area contributed by atoms with Gasteiger partial charge in [-0.3, -0.25) is 24.0 Å². The number of hydrogen-bond acceptors (Lipinski definition) is 7. The van der Waals surface area contributed by atoms with E-state index in [4.69, 9.17) is 0 Å². The third kappa shape index (κ3) is 4.29. The van der Waals surface area contributed by atoms with Crippen LogP contribution in [0.2, 0.25) is 0 Å². The normalized spacial score (nSPS) is 31.7. The van der Waals surface area contributed by atoms with E-state index in [1.54, 1.807) is 26.8 Å². The van der Waals surface area contributed by atoms with Gasteiger partial charge in [-0.1, -0.05) is 72.7 Å². The molecule has 3 unspecified atom stereocenters. The maximum Gasteiger partial charge on any atom is 0.190 e. The van der Waals surface area contributed by atoms with Gasteiger partial charge in [0.25, 0.3) is 0 Å². The highest BCUT2D eigenvalue weighted by atomic mass is 16.3. The molecular weight excluding hydrogens is 556 g/mol. The molecule has 5 rings (SSSR count). The summed E-state index contributed by atoms with van der Waals surface area (Å²) in [5.74, 6) is -8.40. The van der Waals surface area contributed by atoms with Gasteiger partial charge in [-0.25, -0.2) is 0 Å². The lowest BCUT2D eigenvalue weighted by Gasteiger charge is -2.61. The molecule has 7 nitrogen and oxygen atoms in total. The fraction of sp³-hybridized carbons (Fsp3) is 0.541. The van der Waals surface area contributed by atoms with Gasteiger partial charge < -0.3 is 10.2 Å². The zero-order chi connectivity index (χ0) is 32.7.